The highest BCUT2D eigenvalue weighted by Crippen LogP contribution is 2.23. The van der Waals surface area contributed by atoms with Gasteiger partial charge in [-0.05, 0) is 43.9 Å². The van der Waals surface area contributed by atoms with E-state index in [1.807, 2.05) is 17.0 Å². The highest BCUT2D eigenvalue weighted by Gasteiger charge is 2.20. The molecule has 1 aromatic carbocycles. The number of amides is 1. The Kier molecular flexibility index (Phi) is 4.29. The zero-order chi connectivity index (χ0) is 14.7. The van der Waals surface area contributed by atoms with E-state index in [0.29, 0.717) is 11.3 Å². The molecule has 2 aliphatic heterocycles. The number of nitrogens with two attached hydrogens (primary N) is 1. The lowest BCUT2D eigenvalue weighted by molar-refractivity contribution is 0.0793. The van der Waals surface area contributed by atoms with Gasteiger partial charge in [-0.25, -0.2) is 0 Å². The minimum atomic E-state index is 0.0878. The van der Waals surface area contributed by atoms with Gasteiger partial charge in [0.05, 0.1) is 17.5 Å². The van der Waals surface area contributed by atoms with Crippen LogP contribution in [0.3, 0.4) is 0 Å². The summed E-state index contributed by atoms with van der Waals surface area (Å²) in [6, 6.07) is 5.53. The molecular formula is C16H23N3O2. The smallest absolute Gasteiger partial charge is 0.253 e. The van der Waals surface area contributed by atoms with Crippen LogP contribution in [0.4, 0.5) is 11.4 Å². The van der Waals surface area contributed by atoms with Crippen LogP contribution in [-0.4, -0.2) is 43.2 Å². The first-order valence-corrected chi connectivity index (χ1v) is 7.78. The molecule has 114 valence electrons. The summed E-state index contributed by atoms with van der Waals surface area (Å²) in [4.78, 5) is 14.2. The van der Waals surface area contributed by atoms with E-state index in [9.17, 15) is 4.79 Å². The van der Waals surface area contributed by atoms with Crippen molar-refractivity contribution in [3.8, 4) is 0 Å². The quantitative estimate of drug-likeness (QED) is 0.833. The van der Waals surface area contributed by atoms with E-state index in [2.05, 4.69) is 5.32 Å². The van der Waals surface area contributed by atoms with Gasteiger partial charge in [0, 0.05) is 31.8 Å². The number of hydrogen-bond acceptors (Lipinski definition) is 4. The lowest BCUT2D eigenvalue weighted by Gasteiger charge is -2.17. The summed E-state index contributed by atoms with van der Waals surface area (Å²) in [6.45, 7) is 3.34. The molecule has 2 fully saturated rings. The Hall–Kier alpha value is -1.75. The molecule has 21 heavy (non-hydrogen) atoms. The number of likely N-dealkylation sites (tertiary alicyclic amines) is 1. The van der Waals surface area contributed by atoms with Crippen molar-refractivity contribution in [3.05, 3.63) is 23.8 Å². The fourth-order valence-electron chi connectivity index (χ4n) is 2.99. The third-order valence-electron chi connectivity index (χ3n) is 4.24. The lowest BCUT2D eigenvalue weighted by atomic mass is 10.1. The van der Waals surface area contributed by atoms with Gasteiger partial charge in [0.2, 0.25) is 0 Å². The fraction of sp³-hybridized carbons (Fsp3) is 0.562. The maximum Gasteiger partial charge on any atom is 0.253 e. The van der Waals surface area contributed by atoms with E-state index in [0.717, 1.165) is 57.6 Å². The van der Waals surface area contributed by atoms with Crippen molar-refractivity contribution in [1.29, 1.82) is 0 Å². The SMILES string of the molecule is Nc1cc(C(=O)N2CCCC2)ccc1NCC1CCCO1. The maximum absolute atomic E-state index is 12.3. The van der Waals surface area contributed by atoms with E-state index in [1.165, 1.54) is 0 Å². The van der Waals surface area contributed by atoms with Gasteiger partial charge in [-0.3, -0.25) is 4.79 Å². The minimum absolute atomic E-state index is 0.0878. The molecule has 0 aromatic heterocycles. The molecule has 3 rings (SSSR count). The Morgan fingerprint density at radius 1 is 1.33 bits per heavy atom. The molecule has 2 heterocycles. The van der Waals surface area contributed by atoms with Crippen LogP contribution >= 0.6 is 0 Å². The summed E-state index contributed by atoms with van der Waals surface area (Å²) < 4.78 is 5.58. The second-order valence-electron chi connectivity index (χ2n) is 5.82. The van der Waals surface area contributed by atoms with E-state index in [-0.39, 0.29) is 12.0 Å². The number of benzene rings is 1. The lowest BCUT2D eigenvalue weighted by Crippen LogP contribution is -2.27. The molecule has 0 spiro atoms. The summed E-state index contributed by atoms with van der Waals surface area (Å²) in [7, 11) is 0. The number of ether oxygens (including phenoxy) is 1. The molecular weight excluding hydrogens is 266 g/mol. The second kappa shape index (κ2) is 6.35. The maximum atomic E-state index is 12.3. The summed E-state index contributed by atoms with van der Waals surface area (Å²) in [5, 5.41) is 3.32. The van der Waals surface area contributed by atoms with Gasteiger partial charge in [0.15, 0.2) is 0 Å². The predicted molar refractivity (Wildman–Crippen MR) is 83.5 cm³/mol. The molecule has 1 amide bonds. The van der Waals surface area contributed by atoms with Crippen LogP contribution in [0.15, 0.2) is 18.2 Å². The van der Waals surface area contributed by atoms with Gasteiger partial charge in [-0.2, -0.15) is 0 Å². The first kappa shape index (κ1) is 14.2. The van der Waals surface area contributed by atoms with Crippen LogP contribution < -0.4 is 11.1 Å². The molecule has 2 aliphatic rings. The summed E-state index contributed by atoms with van der Waals surface area (Å²) in [6.07, 6.45) is 4.70. The van der Waals surface area contributed by atoms with Crippen molar-refractivity contribution in [2.75, 3.05) is 37.3 Å². The molecule has 1 atom stereocenters. The van der Waals surface area contributed by atoms with Gasteiger partial charge in [-0.1, -0.05) is 0 Å². The summed E-state index contributed by atoms with van der Waals surface area (Å²) in [5.74, 6) is 0.0878. The number of anilines is 2. The van der Waals surface area contributed by atoms with E-state index in [4.69, 9.17) is 10.5 Å². The molecule has 1 unspecified atom stereocenters. The van der Waals surface area contributed by atoms with Gasteiger partial charge in [0.1, 0.15) is 0 Å². The molecule has 0 radical (unpaired) electrons. The van der Waals surface area contributed by atoms with Crippen LogP contribution in [0.25, 0.3) is 0 Å². The predicted octanol–water partition coefficient (Wildman–Crippen LogP) is 2.10. The van der Waals surface area contributed by atoms with Crippen molar-refractivity contribution < 1.29 is 9.53 Å². The summed E-state index contributed by atoms with van der Waals surface area (Å²) >= 11 is 0. The van der Waals surface area contributed by atoms with Gasteiger partial charge in [0.25, 0.3) is 5.91 Å². The van der Waals surface area contributed by atoms with Crippen LogP contribution in [0.1, 0.15) is 36.0 Å². The Balaban J connectivity index is 1.63. The third-order valence-corrected chi connectivity index (χ3v) is 4.24. The summed E-state index contributed by atoms with van der Waals surface area (Å²) in [5.41, 5.74) is 8.25. The molecule has 0 aliphatic carbocycles. The standard InChI is InChI=1S/C16H23N3O2/c17-14-10-12(16(20)19-7-1-2-8-19)5-6-15(14)18-11-13-4-3-9-21-13/h5-6,10,13,18H,1-4,7-9,11,17H2. The monoisotopic (exact) mass is 289 g/mol. The highest BCUT2D eigenvalue weighted by molar-refractivity contribution is 5.96. The zero-order valence-corrected chi connectivity index (χ0v) is 12.3. The Morgan fingerprint density at radius 2 is 2.14 bits per heavy atom. The first-order valence-electron chi connectivity index (χ1n) is 7.78. The highest BCUT2D eigenvalue weighted by atomic mass is 16.5. The number of nitrogens with zero attached hydrogens (tertiary/aromatic N) is 1. The molecule has 1 aromatic rings. The molecule has 2 saturated heterocycles. The van der Waals surface area contributed by atoms with Gasteiger partial charge < -0.3 is 20.7 Å². The fourth-order valence-corrected chi connectivity index (χ4v) is 2.99. The number of carbonyl (C=O) groups is 1. The average molecular weight is 289 g/mol. The van der Waals surface area contributed by atoms with E-state index >= 15 is 0 Å². The van der Waals surface area contributed by atoms with Crippen molar-refractivity contribution >= 4 is 17.3 Å². The Morgan fingerprint density at radius 3 is 2.81 bits per heavy atom. The van der Waals surface area contributed by atoms with Gasteiger partial charge in [-0.15, -0.1) is 0 Å². The number of carbonyl (C=O) groups excluding carboxylic acids is 1. The number of hydrogen-bond donors (Lipinski definition) is 2. The molecule has 0 saturated carbocycles. The van der Waals surface area contributed by atoms with Crippen LogP contribution in [-0.2, 0) is 4.74 Å². The van der Waals surface area contributed by atoms with Crippen molar-refractivity contribution in [1.82, 2.24) is 4.90 Å². The van der Waals surface area contributed by atoms with E-state index in [1.54, 1.807) is 6.07 Å². The largest absolute Gasteiger partial charge is 0.397 e. The second-order valence-corrected chi connectivity index (χ2v) is 5.82. The van der Waals surface area contributed by atoms with Crippen LogP contribution in [0.2, 0.25) is 0 Å². The van der Waals surface area contributed by atoms with Crippen LogP contribution in [0, 0.1) is 0 Å². The molecule has 5 nitrogen and oxygen atoms in total. The average Bonchev–Trinajstić information content (AvgIpc) is 3.18. The van der Waals surface area contributed by atoms with Crippen LogP contribution in [0.5, 0.6) is 0 Å². The zero-order valence-electron chi connectivity index (χ0n) is 12.3. The van der Waals surface area contributed by atoms with E-state index < -0.39 is 0 Å². The Labute approximate surface area is 125 Å². The molecule has 0 bridgehead atoms. The molecule has 5 heteroatoms. The number of nitrogens with one attached hydrogen (secondary N) is 1. The topological polar surface area (TPSA) is 67.6 Å². The third kappa shape index (κ3) is 3.29. The van der Waals surface area contributed by atoms with Crippen molar-refractivity contribution in [2.45, 2.75) is 31.8 Å². The van der Waals surface area contributed by atoms with Gasteiger partial charge >= 0.3 is 0 Å². The first-order chi connectivity index (χ1) is 10.2. The molecule has 3 N–H and O–H groups in total. The number of nitrogen functional groups attached to an aromatic ring is 1. The minimum Gasteiger partial charge on any atom is -0.397 e. The normalized spacial score (nSPS) is 21.7. The van der Waals surface area contributed by atoms with Crippen molar-refractivity contribution in [3.63, 3.8) is 0 Å². The van der Waals surface area contributed by atoms with Crippen molar-refractivity contribution in [2.24, 2.45) is 0 Å². The number of rotatable bonds is 4. The Bertz CT molecular complexity index is 506.